The van der Waals surface area contributed by atoms with E-state index in [1.807, 2.05) is 55.5 Å². The van der Waals surface area contributed by atoms with E-state index < -0.39 is 0 Å². The number of rotatable bonds is 3. The van der Waals surface area contributed by atoms with E-state index in [0.717, 1.165) is 21.3 Å². The van der Waals surface area contributed by atoms with Crippen molar-refractivity contribution in [3.8, 4) is 0 Å². The van der Waals surface area contributed by atoms with Crippen LogP contribution in [-0.2, 0) is 4.79 Å². The molecule has 1 atom stereocenters. The third-order valence-corrected chi connectivity index (χ3v) is 5.17. The zero-order chi connectivity index (χ0) is 16.4. The van der Waals surface area contributed by atoms with Crippen LogP contribution in [-0.4, -0.2) is 11.4 Å². The summed E-state index contributed by atoms with van der Waals surface area (Å²) in [4.78, 5) is 12.8. The smallest absolute Gasteiger partial charge is 0.260 e. The van der Waals surface area contributed by atoms with Crippen LogP contribution in [0.3, 0.4) is 0 Å². The van der Waals surface area contributed by atoms with Crippen molar-refractivity contribution in [2.24, 2.45) is 0 Å². The maximum Gasteiger partial charge on any atom is 0.260 e. The van der Waals surface area contributed by atoms with Crippen molar-refractivity contribution in [1.29, 1.82) is 0 Å². The van der Waals surface area contributed by atoms with Gasteiger partial charge in [0.2, 0.25) is 0 Å². The van der Waals surface area contributed by atoms with Gasteiger partial charge in [-0.25, -0.2) is 0 Å². The standard InChI is InChI=1S/C17H14BrClN2OS/c1-10-8-13(19)6-7-14(10)20-17-21-16(22)15(23-17)9-11-2-4-12(18)5-3-11/h2-9,17,20H,1H3,(H,21,22)/b15-9-. The Balaban J connectivity index is 1.73. The van der Waals surface area contributed by atoms with E-state index in [1.165, 1.54) is 11.8 Å². The van der Waals surface area contributed by atoms with Gasteiger partial charge in [-0.3, -0.25) is 4.79 Å². The summed E-state index contributed by atoms with van der Waals surface area (Å²) in [5, 5.41) is 6.94. The fourth-order valence-corrected chi connectivity index (χ4v) is 3.67. The van der Waals surface area contributed by atoms with Gasteiger partial charge >= 0.3 is 0 Å². The van der Waals surface area contributed by atoms with Gasteiger partial charge in [0.25, 0.3) is 5.91 Å². The molecule has 1 aliphatic heterocycles. The van der Waals surface area contributed by atoms with E-state index in [4.69, 9.17) is 11.6 Å². The lowest BCUT2D eigenvalue weighted by Gasteiger charge is -2.15. The maximum absolute atomic E-state index is 12.1. The van der Waals surface area contributed by atoms with Gasteiger partial charge in [0.15, 0.2) is 5.50 Å². The van der Waals surface area contributed by atoms with Crippen LogP contribution in [0.25, 0.3) is 6.08 Å². The van der Waals surface area contributed by atoms with Gasteiger partial charge in [-0.15, -0.1) is 0 Å². The molecule has 0 bridgehead atoms. The third-order valence-electron chi connectivity index (χ3n) is 3.37. The van der Waals surface area contributed by atoms with Crippen LogP contribution in [0.15, 0.2) is 51.8 Å². The summed E-state index contributed by atoms with van der Waals surface area (Å²) in [5.74, 6) is -0.0676. The van der Waals surface area contributed by atoms with Crippen molar-refractivity contribution < 1.29 is 4.79 Å². The molecule has 3 rings (SSSR count). The summed E-state index contributed by atoms with van der Waals surface area (Å²) in [5.41, 5.74) is 2.80. The average molecular weight is 410 g/mol. The highest BCUT2D eigenvalue weighted by Gasteiger charge is 2.27. The number of halogens is 2. The molecule has 1 fully saturated rings. The van der Waals surface area contributed by atoms with Gasteiger partial charge in [0, 0.05) is 15.2 Å². The zero-order valence-corrected chi connectivity index (χ0v) is 15.4. The van der Waals surface area contributed by atoms with Crippen LogP contribution < -0.4 is 10.6 Å². The summed E-state index contributed by atoms with van der Waals surface area (Å²) >= 11 is 10.8. The van der Waals surface area contributed by atoms with Gasteiger partial charge < -0.3 is 10.6 Å². The second-order valence-corrected chi connectivity index (χ2v) is 7.63. The van der Waals surface area contributed by atoms with Crippen molar-refractivity contribution in [3.63, 3.8) is 0 Å². The lowest BCUT2D eigenvalue weighted by Crippen LogP contribution is -2.31. The summed E-state index contributed by atoms with van der Waals surface area (Å²) in [6.45, 7) is 1.98. The van der Waals surface area contributed by atoms with Crippen LogP contribution in [0.5, 0.6) is 0 Å². The lowest BCUT2D eigenvalue weighted by molar-refractivity contribution is -0.116. The number of hydrogen-bond donors (Lipinski definition) is 2. The normalized spacial score (nSPS) is 19.0. The first-order valence-electron chi connectivity index (χ1n) is 6.99. The van der Waals surface area contributed by atoms with Gasteiger partial charge in [-0.1, -0.05) is 51.4 Å². The Morgan fingerprint density at radius 3 is 2.70 bits per heavy atom. The Labute approximate surface area is 152 Å². The molecule has 3 nitrogen and oxygen atoms in total. The first-order chi connectivity index (χ1) is 11.0. The fourth-order valence-electron chi connectivity index (χ4n) is 2.21. The number of nitrogens with one attached hydrogen (secondary N) is 2. The zero-order valence-electron chi connectivity index (χ0n) is 12.3. The van der Waals surface area contributed by atoms with Crippen molar-refractivity contribution in [2.45, 2.75) is 12.4 Å². The Kier molecular flexibility index (Phi) is 4.99. The molecule has 2 aromatic carbocycles. The van der Waals surface area contributed by atoms with E-state index in [1.54, 1.807) is 0 Å². The molecule has 0 aromatic heterocycles. The minimum atomic E-state index is -0.191. The Morgan fingerprint density at radius 2 is 2.00 bits per heavy atom. The molecule has 118 valence electrons. The predicted octanol–water partition coefficient (Wildman–Crippen LogP) is 5.01. The highest BCUT2D eigenvalue weighted by molar-refractivity contribution is 9.10. The number of aryl methyl sites for hydroxylation is 1. The maximum atomic E-state index is 12.1. The molecule has 0 aliphatic carbocycles. The molecule has 23 heavy (non-hydrogen) atoms. The van der Waals surface area contributed by atoms with E-state index in [9.17, 15) is 4.79 Å². The third kappa shape index (κ3) is 4.10. The van der Waals surface area contributed by atoms with E-state index >= 15 is 0 Å². The molecule has 1 amide bonds. The van der Waals surface area contributed by atoms with Crippen molar-refractivity contribution in [3.05, 3.63) is 68.0 Å². The summed E-state index contributed by atoms with van der Waals surface area (Å²) in [7, 11) is 0. The molecule has 2 aromatic rings. The number of thioether (sulfide) groups is 1. The highest BCUT2D eigenvalue weighted by atomic mass is 79.9. The minimum absolute atomic E-state index is 0.0676. The molecular weight excluding hydrogens is 396 g/mol. The Hall–Kier alpha value is -1.43. The topological polar surface area (TPSA) is 41.1 Å². The monoisotopic (exact) mass is 408 g/mol. The molecule has 0 radical (unpaired) electrons. The van der Waals surface area contributed by atoms with E-state index in [2.05, 4.69) is 26.6 Å². The molecule has 0 spiro atoms. The summed E-state index contributed by atoms with van der Waals surface area (Å²) in [6.07, 6.45) is 1.89. The number of carbonyl (C=O) groups is 1. The van der Waals surface area contributed by atoms with Gasteiger partial charge in [-0.2, -0.15) is 0 Å². The number of anilines is 1. The van der Waals surface area contributed by atoms with Crippen LogP contribution in [0, 0.1) is 6.92 Å². The van der Waals surface area contributed by atoms with Crippen molar-refractivity contribution >= 4 is 57.0 Å². The van der Waals surface area contributed by atoms with Gasteiger partial charge in [0.1, 0.15) is 0 Å². The SMILES string of the molecule is Cc1cc(Cl)ccc1NC1NC(=O)/C(=C/c2ccc(Br)cc2)S1. The fraction of sp³-hybridized carbons (Fsp3) is 0.118. The van der Waals surface area contributed by atoms with Crippen LogP contribution in [0.4, 0.5) is 5.69 Å². The Morgan fingerprint density at radius 1 is 1.26 bits per heavy atom. The highest BCUT2D eigenvalue weighted by Crippen LogP contribution is 2.31. The molecule has 1 aliphatic rings. The first-order valence-corrected chi connectivity index (χ1v) is 9.04. The lowest BCUT2D eigenvalue weighted by atomic mass is 10.2. The number of amides is 1. The van der Waals surface area contributed by atoms with Crippen LogP contribution in [0.1, 0.15) is 11.1 Å². The molecule has 1 heterocycles. The molecule has 1 unspecified atom stereocenters. The van der Waals surface area contributed by atoms with Crippen molar-refractivity contribution in [1.82, 2.24) is 5.32 Å². The van der Waals surface area contributed by atoms with E-state index in [-0.39, 0.29) is 11.4 Å². The molecular formula is C17H14BrClN2OS. The van der Waals surface area contributed by atoms with Crippen LogP contribution in [0.2, 0.25) is 5.02 Å². The van der Waals surface area contributed by atoms with Gasteiger partial charge in [-0.05, 0) is 54.5 Å². The minimum Gasteiger partial charge on any atom is -0.356 e. The number of benzene rings is 2. The van der Waals surface area contributed by atoms with Crippen molar-refractivity contribution in [2.75, 3.05) is 5.32 Å². The van der Waals surface area contributed by atoms with Crippen LogP contribution >= 0.6 is 39.3 Å². The molecule has 6 heteroatoms. The number of carbonyl (C=O) groups excluding carboxylic acids is 1. The van der Waals surface area contributed by atoms with E-state index in [0.29, 0.717) is 9.93 Å². The molecule has 1 saturated heterocycles. The first kappa shape index (κ1) is 16.4. The second-order valence-electron chi connectivity index (χ2n) is 5.14. The summed E-state index contributed by atoms with van der Waals surface area (Å²) < 4.78 is 1.01. The average Bonchev–Trinajstić information content (AvgIpc) is 2.84. The second kappa shape index (κ2) is 6.99. The largest absolute Gasteiger partial charge is 0.356 e. The molecule has 2 N–H and O–H groups in total. The number of hydrogen-bond acceptors (Lipinski definition) is 3. The van der Waals surface area contributed by atoms with Gasteiger partial charge in [0.05, 0.1) is 4.91 Å². The molecule has 0 saturated carbocycles. The Bertz CT molecular complexity index is 777. The quantitative estimate of drug-likeness (QED) is 0.700. The summed E-state index contributed by atoms with van der Waals surface area (Å²) in [6, 6.07) is 13.5. The predicted molar refractivity (Wildman–Crippen MR) is 101 cm³/mol.